The van der Waals surface area contributed by atoms with Crippen LogP contribution in [0.5, 0.6) is 0 Å². The average molecular weight is 227 g/mol. The zero-order valence-corrected chi connectivity index (χ0v) is 11.1. The van der Waals surface area contributed by atoms with Crippen molar-refractivity contribution in [3.05, 3.63) is 0 Å². The van der Waals surface area contributed by atoms with Crippen LogP contribution in [0.25, 0.3) is 0 Å². The first-order valence-corrected chi connectivity index (χ1v) is 7.14. The van der Waals surface area contributed by atoms with Crippen LogP contribution in [0.3, 0.4) is 0 Å². The van der Waals surface area contributed by atoms with E-state index in [1.807, 2.05) is 0 Å². The number of unbranched alkanes of at least 4 members (excludes halogenated alkanes) is 2. The summed E-state index contributed by atoms with van der Waals surface area (Å²) in [4.78, 5) is 0. The van der Waals surface area contributed by atoms with E-state index in [2.05, 4.69) is 19.2 Å². The van der Waals surface area contributed by atoms with Crippen molar-refractivity contribution in [3.63, 3.8) is 0 Å². The minimum Gasteiger partial charge on any atom is -0.381 e. The van der Waals surface area contributed by atoms with Crippen molar-refractivity contribution < 1.29 is 4.74 Å². The molecule has 0 aromatic carbocycles. The largest absolute Gasteiger partial charge is 0.381 e. The third kappa shape index (κ3) is 8.12. The minimum atomic E-state index is 0.676. The highest BCUT2D eigenvalue weighted by atomic mass is 16.5. The molecule has 0 spiro atoms. The smallest absolute Gasteiger partial charge is 0.0494 e. The summed E-state index contributed by atoms with van der Waals surface area (Å²) >= 11 is 0. The van der Waals surface area contributed by atoms with Gasteiger partial charge in [-0.15, -0.1) is 0 Å². The quantitative estimate of drug-likeness (QED) is 0.546. The minimum absolute atomic E-state index is 0.676. The summed E-state index contributed by atoms with van der Waals surface area (Å²) in [5, 5.41) is 3.57. The Morgan fingerprint density at radius 2 is 2.06 bits per heavy atom. The lowest BCUT2D eigenvalue weighted by molar-refractivity contribution is 0.121. The molecule has 0 bridgehead atoms. The highest BCUT2D eigenvalue weighted by molar-refractivity contribution is 4.71. The van der Waals surface area contributed by atoms with Crippen molar-refractivity contribution in [2.24, 2.45) is 5.92 Å². The van der Waals surface area contributed by atoms with Gasteiger partial charge in [0.2, 0.25) is 0 Å². The molecule has 1 rings (SSSR count). The molecule has 0 amide bonds. The van der Waals surface area contributed by atoms with Crippen LogP contribution in [0, 0.1) is 5.92 Å². The lowest BCUT2D eigenvalue weighted by Gasteiger charge is -2.13. The normalized spacial score (nSPS) is 17.6. The first kappa shape index (κ1) is 14.0. The zero-order valence-electron chi connectivity index (χ0n) is 11.1. The van der Waals surface area contributed by atoms with Gasteiger partial charge in [-0.05, 0) is 45.1 Å². The number of nitrogens with one attached hydrogen (secondary N) is 1. The summed E-state index contributed by atoms with van der Waals surface area (Å²) in [6.45, 7) is 7.60. The van der Waals surface area contributed by atoms with E-state index in [1.54, 1.807) is 0 Å². The molecule has 0 aliphatic heterocycles. The third-order valence-corrected chi connectivity index (χ3v) is 3.25. The fourth-order valence-corrected chi connectivity index (χ4v) is 1.86. The van der Waals surface area contributed by atoms with Crippen LogP contribution in [0.15, 0.2) is 0 Å². The second-order valence-electron chi connectivity index (χ2n) is 5.22. The van der Waals surface area contributed by atoms with Crippen LogP contribution < -0.4 is 5.32 Å². The third-order valence-electron chi connectivity index (χ3n) is 3.25. The highest BCUT2D eigenvalue weighted by Crippen LogP contribution is 2.28. The molecule has 1 N–H and O–H groups in total. The SMILES string of the molecule is CCCCCC(C)NCCCOCC1CC1. The lowest BCUT2D eigenvalue weighted by atomic mass is 10.1. The van der Waals surface area contributed by atoms with Crippen molar-refractivity contribution in [1.82, 2.24) is 5.32 Å². The standard InChI is InChI=1S/C14H29NO/c1-3-4-5-7-13(2)15-10-6-11-16-12-14-8-9-14/h13-15H,3-12H2,1-2H3. The van der Waals surface area contributed by atoms with Crippen molar-refractivity contribution in [2.45, 2.75) is 64.8 Å². The first-order valence-electron chi connectivity index (χ1n) is 7.14. The first-order chi connectivity index (χ1) is 7.83. The van der Waals surface area contributed by atoms with Crippen LogP contribution in [0.1, 0.15) is 58.8 Å². The molecule has 2 heteroatoms. The number of ether oxygens (including phenoxy) is 1. The summed E-state index contributed by atoms with van der Waals surface area (Å²) in [7, 11) is 0. The van der Waals surface area contributed by atoms with E-state index in [0.29, 0.717) is 6.04 Å². The predicted octanol–water partition coefficient (Wildman–Crippen LogP) is 3.36. The van der Waals surface area contributed by atoms with Gasteiger partial charge in [0.25, 0.3) is 0 Å². The Kier molecular flexibility index (Phi) is 7.87. The fourth-order valence-electron chi connectivity index (χ4n) is 1.86. The molecular formula is C14H29NO. The molecule has 1 fully saturated rings. The summed E-state index contributed by atoms with van der Waals surface area (Å²) in [6.07, 6.45) is 9.32. The Labute approximate surface area is 101 Å². The van der Waals surface area contributed by atoms with Crippen LogP contribution in [0.2, 0.25) is 0 Å². The van der Waals surface area contributed by atoms with Crippen molar-refractivity contribution in [1.29, 1.82) is 0 Å². The second-order valence-corrected chi connectivity index (χ2v) is 5.22. The molecule has 1 aliphatic carbocycles. The average Bonchev–Trinajstić information content (AvgIpc) is 3.07. The lowest BCUT2D eigenvalue weighted by Crippen LogP contribution is -2.27. The van der Waals surface area contributed by atoms with Gasteiger partial charge in [0, 0.05) is 19.3 Å². The Bertz CT molecular complexity index is 157. The van der Waals surface area contributed by atoms with Gasteiger partial charge in [0.1, 0.15) is 0 Å². The van der Waals surface area contributed by atoms with E-state index in [4.69, 9.17) is 4.74 Å². The van der Waals surface area contributed by atoms with Crippen molar-refractivity contribution in [2.75, 3.05) is 19.8 Å². The molecule has 0 heterocycles. The van der Waals surface area contributed by atoms with Gasteiger partial charge < -0.3 is 10.1 Å². The Morgan fingerprint density at radius 3 is 2.75 bits per heavy atom. The van der Waals surface area contributed by atoms with Crippen LogP contribution in [-0.2, 0) is 4.74 Å². The molecule has 0 radical (unpaired) electrons. The highest BCUT2D eigenvalue weighted by Gasteiger charge is 2.20. The maximum absolute atomic E-state index is 5.60. The fraction of sp³-hybridized carbons (Fsp3) is 1.00. The molecule has 1 atom stereocenters. The van der Waals surface area contributed by atoms with Crippen molar-refractivity contribution >= 4 is 0 Å². The van der Waals surface area contributed by atoms with Gasteiger partial charge in [-0.3, -0.25) is 0 Å². The topological polar surface area (TPSA) is 21.3 Å². The van der Waals surface area contributed by atoms with E-state index in [1.165, 1.54) is 38.5 Å². The Balaban J connectivity index is 1.74. The molecular weight excluding hydrogens is 198 g/mol. The maximum Gasteiger partial charge on any atom is 0.0494 e. The van der Waals surface area contributed by atoms with Gasteiger partial charge in [0.05, 0.1) is 0 Å². The molecule has 2 nitrogen and oxygen atoms in total. The van der Waals surface area contributed by atoms with Crippen LogP contribution in [0.4, 0.5) is 0 Å². The van der Waals surface area contributed by atoms with Gasteiger partial charge in [0.15, 0.2) is 0 Å². The Hall–Kier alpha value is -0.0800. The molecule has 0 aromatic heterocycles. The summed E-state index contributed by atoms with van der Waals surface area (Å²) < 4.78 is 5.60. The van der Waals surface area contributed by atoms with E-state index >= 15 is 0 Å². The second kappa shape index (κ2) is 9.00. The molecule has 1 aliphatic rings. The number of hydrogen-bond donors (Lipinski definition) is 1. The zero-order chi connectivity index (χ0) is 11.6. The van der Waals surface area contributed by atoms with E-state index in [9.17, 15) is 0 Å². The molecule has 96 valence electrons. The molecule has 1 unspecified atom stereocenters. The summed E-state index contributed by atoms with van der Waals surface area (Å²) in [5.41, 5.74) is 0. The van der Waals surface area contributed by atoms with Gasteiger partial charge in [-0.2, -0.15) is 0 Å². The molecule has 0 saturated heterocycles. The molecule has 16 heavy (non-hydrogen) atoms. The maximum atomic E-state index is 5.60. The number of rotatable bonds is 11. The van der Waals surface area contributed by atoms with Crippen molar-refractivity contribution in [3.8, 4) is 0 Å². The van der Waals surface area contributed by atoms with E-state index in [0.717, 1.165) is 32.1 Å². The monoisotopic (exact) mass is 227 g/mol. The summed E-state index contributed by atoms with van der Waals surface area (Å²) in [5.74, 6) is 0.904. The van der Waals surface area contributed by atoms with Gasteiger partial charge in [-0.25, -0.2) is 0 Å². The van der Waals surface area contributed by atoms with Gasteiger partial charge in [-0.1, -0.05) is 26.2 Å². The summed E-state index contributed by atoms with van der Waals surface area (Å²) in [6, 6.07) is 0.676. The van der Waals surface area contributed by atoms with Crippen LogP contribution >= 0.6 is 0 Å². The van der Waals surface area contributed by atoms with E-state index < -0.39 is 0 Å². The molecule has 1 saturated carbocycles. The predicted molar refractivity (Wildman–Crippen MR) is 69.8 cm³/mol. The van der Waals surface area contributed by atoms with Crippen LogP contribution in [-0.4, -0.2) is 25.8 Å². The Morgan fingerprint density at radius 1 is 1.25 bits per heavy atom. The van der Waals surface area contributed by atoms with Gasteiger partial charge >= 0.3 is 0 Å². The van der Waals surface area contributed by atoms with E-state index in [-0.39, 0.29) is 0 Å². The number of hydrogen-bond acceptors (Lipinski definition) is 2. The molecule has 0 aromatic rings.